The second-order valence-corrected chi connectivity index (χ2v) is 8.45. The van der Waals surface area contributed by atoms with Crippen molar-refractivity contribution in [2.24, 2.45) is 13.0 Å². The zero-order chi connectivity index (χ0) is 22.4. The Morgan fingerprint density at radius 2 is 1.84 bits per heavy atom. The van der Waals surface area contributed by atoms with Crippen molar-refractivity contribution in [1.82, 2.24) is 28.9 Å². The van der Waals surface area contributed by atoms with Crippen LogP contribution >= 0.6 is 0 Å². The monoisotopic (exact) mass is 428 g/mol. The van der Waals surface area contributed by atoms with Crippen LogP contribution < -0.4 is 11.2 Å². The summed E-state index contributed by atoms with van der Waals surface area (Å²) in [5.74, 6) is 0.219. The summed E-state index contributed by atoms with van der Waals surface area (Å²) in [6.45, 7) is 5.01. The molecule has 5 aromatic rings. The highest BCUT2D eigenvalue weighted by Gasteiger charge is 2.23. The molecule has 1 aromatic carbocycles. The van der Waals surface area contributed by atoms with Gasteiger partial charge in [0.1, 0.15) is 5.39 Å². The van der Waals surface area contributed by atoms with Gasteiger partial charge in [0.15, 0.2) is 5.65 Å². The predicted octanol–water partition coefficient (Wildman–Crippen LogP) is 3.14. The number of rotatable bonds is 5. The van der Waals surface area contributed by atoms with Crippen molar-refractivity contribution in [1.29, 1.82) is 0 Å². The molecule has 0 aliphatic rings. The Morgan fingerprint density at radius 1 is 1.06 bits per heavy atom. The standard InChI is InChI=1S/C24H24N6O2/c1-15(2)13-29-22-20(23(31)28(3)24(29)32)21(16-7-10-25-11-8-16)30(27-22)14-17-5-4-6-19-18(17)9-12-26-19/h4-12,15,26H,13-14H2,1-3H3. The molecule has 0 fully saturated rings. The molecule has 0 unspecified atom stereocenters. The maximum atomic E-state index is 13.3. The molecular formula is C24H24N6O2. The fraction of sp³-hybridized carbons (Fsp3) is 0.250. The molecule has 4 aromatic heterocycles. The van der Waals surface area contributed by atoms with Gasteiger partial charge in [-0.05, 0) is 35.7 Å². The fourth-order valence-electron chi connectivity index (χ4n) is 4.26. The van der Waals surface area contributed by atoms with E-state index in [0.717, 1.165) is 22.0 Å². The molecule has 162 valence electrons. The number of nitrogens with zero attached hydrogens (tertiary/aromatic N) is 5. The topological polar surface area (TPSA) is 90.5 Å². The van der Waals surface area contributed by atoms with Crippen molar-refractivity contribution in [2.45, 2.75) is 26.9 Å². The van der Waals surface area contributed by atoms with Crippen LogP contribution in [0, 0.1) is 5.92 Å². The quantitative estimate of drug-likeness (QED) is 0.466. The van der Waals surface area contributed by atoms with Gasteiger partial charge in [0.05, 0.1) is 12.2 Å². The number of fused-ring (bicyclic) bond motifs is 2. The number of H-pyrrole nitrogens is 1. The first-order chi connectivity index (χ1) is 15.5. The molecular weight excluding hydrogens is 404 g/mol. The van der Waals surface area contributed by atoms with Gasteiger partial charge in [-0.15, -0.1) is 0 Å². The van der Waals surface area contributed by atoms with Crippen molar-refractivity contribution < 1.29 is 0 Å². The van der Waals surface area contributed by atoms with Crippen LogP contribution in [0.4, 0.5) is 0 Å². The van der Waals surface area contributed by atoms with Gasteiger partial charge in [-0.2, -0.15) is 5.10 Å². The van der Waals surface area contributed by atoms with Crippen molar-refractivity contribution in [3.8, 4) is 11.3 Å². The van der Waals surface area contributed by atoms with Gasteiger partial charge in [-0.1, -0.05) is 26.0 Å². The van der Waals surface area contributed by atoms with Crippen LogP contribution in [0.3, 0.4) is 0 Å². The average Bonchev–Trinajstić information content (AvgIpc) is 3.41. The van der Waals surface area contributed by atoms with Crippen LogP contribution in [-0.4, -0.2) is 28.9 Å². The average molecular weight is 428 g/mol. The van der Waals surface area contributed by atoms with E-state index < -0.39 is 0 Å². The predicted molar refractivity (Wildman–Crippen MR) is 125 cm³/mol. The number of nitrogens with one attached hydrogen (secondary N) is 1. The first kappa shape index (κ1) is 20.0. The third kappa shape index (κ3) is 3.15. The van der Waals surface area contributed by atoms with Gasteiger partial charge in [0.2, 0.25) is 0 Å². The number of benzene rings is 1. The molecule has 8 nitrogen and oxygen atoms in total. The maximum Gasteiger partial charge on any atom is 0.332 e. The van der Waals surface area contributed by atoms with E-state index in [1.165, 1.54) is 11.6 Å². The third-order valence-electron chi connectivity index (χ3n) is 5.73. The number of aromatic nitrogens is 6. The first-order valence-corrected chi connectivity index (χ1v) is 10.6. The summed E-state index contributed by atoms with van der Waals surface area (Å²) < 4.78 is 4.62. The van der Waals surface area contributed by atoms with E-state index in [1.807, 2.05) is 55.1 Å². The lowest BCUT2D eigenvalue weighted by Gasteiger charge is -2.11. The van der Waals surface area contributed by atoms with Crippen molar-refractivity contribution in [3.63, 3.8) is 0 Å². The van der Waals surface area contributed by atoms with Gasteiger partial charge < -0.3 is 4.98 Å². The van der Waals surface area contributed by atoms with E-state index in [4.69, 9.17) is 5.10 Å². The fourth-order valence-corrected chi connectivity index (χ4v) is 4.26. The highest BCUT2D eigenvalue weighted by molar-refractivity contribution is 5.91. The number of hydrogen-bond acceptors (Lipinski definition) is 4. The molecule has 0 saturated heterocycles. The van der Waals surface area contributed by atoms with Gasteiger partial charge >= 0.3 is 5.69 Å². The zero-order valence-electron chi connectivity index (χ0n) is 18.2. The SMILES string of the molecule is CC(C)Cn1c(=O)n(C)c(=O)c2c(-c3ccncc3)n(Cc3cccc4[nH]ccc34)nc21. The van der Waals surface area contributed by atoms with Crippen LogP contribution in [0.15, 0.2) is 64.6 Å². The summed E-state index contributed by atoms with van der Waals surface area (Å²) in [4.78, 5) is 33.6. The molecule has 0 aliphatic heterocycles. The maximum absolute atomic E-state index is 13.3. The lowest BCUT2D eigenvalue weighted by Crippen LogP contribution is -2.38. The number of aromatic amines is 1. The van der Waals surface area contributed by atoms with Crippen LogP contribution in [0.1, 0.15) is 19.4 Å². The van der Waals surface area contributed by atoms with Crippen molar-refractivity contribution in [3.05, 3.63) is 81.4 Å². The van der Waals surface area contributed by atoms with E-state index in [1.54, 1.807) is 17.0 Å². The molecule has 1 N–H and O–H groups in total. The summed E-state index contributed by atoms with van der Waals surface area (Å²) in [6.07, 6.45) is 5.30. The van der Waals surface area contributed by atoms with E-state index in [9.17, 15) is 9.59 Å². The Kier molecular flexibility index (Phi) is 4.77. The second kappa shape index (κ2) is 7.64. The Bertz CT molecular complexity index is 1550. The van der Waals surface area contributed by atoms with Crippen LogP contribution in [0.5, 0.6) is 0 Å². The Labute approximate surface area is 183 Å². The third-order valence-corrected chi connectivity index (χ3v) is 5.73. The van der Waals surface area contributed by atoms with E-state index in [2.05, 4.69) is 16.0 Å². The molecule has 0 spiro atoms. The van der Waals surface area contributed by atoms with Gasteiger partial charge in [-0.3, -0.25) is 23.6 Å². The zero-order valence-corrected chi connectivity index (χ0v) is 18.2. The molecule has 5 rings (SSSR count). The summed E-state index contributed by atoms with van der Waals surface area (Å²) >= 11 is 0. The highest BCUT2D eigenvalue weighted by Crippen LogP contribution is 2.28. The van der Waals surface area contributed by atoms with Gasteiger partial charge in [-0.25, -0.2) is 4.79 Å². The van der Waals surface area contributed by atoms with Crippen LogP contribution in [0.25, 0.3) is 33.2 Å². The molecule has 0 aliphatic carbocycles. The minimum Gasteiger partial charge on any atom is -0.361 e. The number of hydrogen-bond donors (Lipinski definition) is 1. The van der Waals surface area contributed by atoms with Crippen LogP contribution in [0.2, 0.25) is 0 Å². The molecule has 0 radical (unpaired) electrons. The van der Waals surface area contributed by atoms with E-state index in [0.29, 0.717) is 29.8 Å². The van der Waals surface area contributed by atoms with Gasteiger partial charge in [0, 0.05) is 48.6 Å². The second-order valence-electron chi connectivity index (χ2n) is 8.45. The lowest BCUT2D eigenvalue weighted by atomic mass is 10.1. The molecule has 0 bridgehead atoms. The van der Waals surface area contributed by atoms with Crippen molar-refractivity contribution >= 4 is 21.9 Å². The minimum absolute atomic E-state index is 0.219. The smallest absolute Gasteiger partial charge is 0.332 e. The Hall–Kier alpha value is -3.94. The minimum atomic E-state index is -0.352. The summed E-state index contributed by atoms with van der Waals surface area (Å²) in [7, 11) is 1.52. The van der Waals surface area contributed by atoms with E-state index in [-0.39, 0.29) is 17.2 Å². The molecule has 32 heavy (non-hydrogen) atoms. The van der Waals surface area contributed by atoms with Gasteiger partial charge in [0.25, 0.3) is 5.56 Å². The molecule has 0 amide bonds. The molecule has 0 saturated carbocycles. The first-order valence-electron chi connectivity index (χ1n) is 10.6. The summed E-state index contributed by atoms with van der Waals surface area (Å²) in [5.41, 5.74) is 3.35. The Morgan fingerprint density at radius 3 is 2.59 bits per heavy atom. The van der Waals surface area contributed by atoms with Crippen LogP contribution in [-0.2, 0) is 20.1 Å². The largest absolute Gasteiger partial charge is 0.361 e. The Balaban J connectivity index is 1.84. The lowest BCUT2D eigenvalue weighted by molar-refractivity contribution is 0.498. The normalized spacial score (nSPS) is 11.8. The number of pyridine rings is 1. The molecule has 0 atom stereocenters. The summed E-state index contributed by atoms with van der Waals surface area (Å²) in [5, 5.41) is 6.37. The highest BCUT2D eigenvalue weighted by atomic mass is 16.2. The molecule has 8 heteroatoms. The van der Waals surface area contributed by atoms with Crippen molar-refractivity contribution in [2.75, 3.05) is 0 Å². The van der Waals surface area contributed by atoms with E-state index >= 15 is 0 Å². The summed E-state index contributed by atoms with van der Waals surface area (Å²) in [6, 6.07) is 11.8. The molecule has 4 heterocycles.